The fourth-order valence-corrected chi connectivity index (χ4v) is 3.91. The van der Waals surface area contributed by atoms with Crippen molar-refractivity contribution in [3.05, 3.63) is 67.3 Å². The highest BCUT2D eigenvalue weighted by Crippen LogP contribution is 2.23. The smallest absolute Gasteiger partial charge is 0.330 e. The molecular formula is C23H29N5O4S. The Kier molecular flexibility index (Phi) is 7.70. The van der Waals surface area contributed by atoms with Gasteiger partial charge in [0.25, 0.3) is 11.5 Å². The van der Waals surface area contributed by atoms with Crippen LogP contribution < -0.4 is 26.6 Å². The molecule has 3 N–H and O–H groups in total. The van der Waals surface area contributed by atoms with Gasteiger partial charge in [-0.15, -0.1) is 11.3 Å². The number of aromatic amines is 1. The molecule has 0 fully saturated rings. The molecule has 1 amide bonds. The van der Waals surface area contributed by atoms with Crippen LogP contribution in [0.4, 0.5) is 11.5 Å². The second-order valence-electron chi connectivity index (χ2n) is 8.60. The summed E-state index contributed by atoms with van der Waals surface area (Å²) in [4.78, 5) is 46.5. The van der Waals surface area contributed by atoms with Crippen molar-refractivity contribution in [2.75, 3.05) is 17.2 Å². The molecule has 3 aromatic rings. The van der Waals surface area contributed by atoms with E-state index >= 15 is 0 Å². The number of ether oxygens (including phenoxy) is 1. The monoisotopic (exact) mass is 471 g/mol. The second-order valence-corrected chi connectivity index (χ2v) is 9.32. The molecule has 0 saturated heterocycles. The highest BCUT2D eigenvalue weighted by atomic mass is 32.1. The van der Waals surface area contributed by atoms with Crippen LogP contribution in [0.25, 0.3) is 0 Å². The van der Waals surface area contributed by atoms with Crippen molar-refractivity contribution in [3.63, 3.8) is 0 Å². The van der Waals surface area contributed by atoms with Crippen LogP contribution in [0.15, 0.2) is 44.7 Å². The number of H-pyrrole nitrogens is 1. The molecule has 33 heavy (non-hydrogen) atoms. The molecule has 0 bridgehead atoms. The number of hydrogen-bond acceptors (Lipinski definition) is 7. The van der Waals surface area contributed by atoms with Crippen molar-refractivity contribution >= 4 is 28.7 Å². The predicted molar refractivity (Wildman–Crippen MR) is 130 cm³/mol. The minimum absolute atomic E-state index is 0.0252. The molecule has 0 aliphatic rings. The Morgan fingerprint density at radius 3 is 2.64 bits per heavy atom. The SMILES string of the molecule is CC(C)CN(C(=O)c1cccc(OCc2cscn2)c1)c1c(N)n(CC(C)C)c(=O)[nH]c1=O. The third kappa shape index (κ3) is 5.89. The highest BCUT2D eigenvalue weighted by molar-refractivity contribution is 7.07. The largest absolute Gasteiger partial charge is 0.487 e. The van der Waals surface area contributed by atoms with Crippen molar-refractivity contribution in [2.45, 2.75) is 40.8 Å². The first-order valence-electron chi connectivity index (χ1n) is 10.7. The van der Waals surface area contributed by atoms with Gasteiger partial charge in [0.2, 0.25) is 0 Å². The predicted octanol–water partition coefficient (Wildman–Crippen LogP) is 3.11. The molecule has 0 saturated carbocycles. The van der Waals surface area contributed by atoms with Crippen LogP contribution in [0.3, 0.4) is 0 Å². The van der Waals surface area contributed by atoms with Crippen LogP contribution in [0, 0.1) is 11.8 Å². The van der Waals surface area contributed by atoms with E-state index in [1.807, 2.05) is 33.1 Å². The summed E-state index contributed by atoms with van der Waals surface area (Å²) in [5.74, 6) is 0.231. The maximum Gasteiger partial charge on any atom is 0.330 e. The van der Waals surface area contributed by atoms with Crippen LogP contribution in [0.5, 0.6) is 5.75 Å². The first kappa shape index (κ1) is 24.2. The van der Waals surface area contributed by atoms with E-state index in [0.29, 0.717) is 17.9 Å². The average molecular weight is 472 g/mol. The van der Waals surface area contributed by atoms with Gasteiger partial charge >= 0.3 is 5.69 Å². The topological polar surface area (TPSA) is 123 Å². The van der Waals surface area contributed by atoms with Crippen molar-refractivity contribution in [2.24, 2.45) is 11.8 Å². The summed E-state index contributed by atoms with van der Waals surface area (Å²) in [6, 6.07) is 6.74. The van der Waals surface area contributed by atoms with Crippen molar-refractivity contribution in [1.82, 2.24) is 14.5 Å². The number of anilines is 2. The van der Waals surface area contributed by atoms with Gasteiger partial charge in [-0.3, -0.25) is 19.1 Å². The average Bonchev–Trinajstić information content (AvgIpc) is 3.27. The van der Waals surface area contributed by atoms with E-state index in [2.05, 4.69) is 9.97 Å². The van der Waals surface area contributed by atoms with Crippen molar-refractivity contribution in [1.29, 1.82) is 0 Å². The molecule has 0 radical (unpaired) electrons. The molecule has 1 aromatic carbocycles. The van der Waals surface area contributed by atoms with Crippen LogP contribution >= 0.6 is 11.3 Å². The number of carbonyl (C=O) groups is 1. The fourth-order valence-electron chi connectivity index (χ4n) is 3.37. The zero-order chi connectivity index (χ0) is 24.1. The number of hydrogen-bond donors (Lipinski definition) is 2. The van der Waals surface area contributed by atoms with Gasteiger partial charge in [0.1, 0.15) is 18.2 Å². The molecule has 0 aliphatic carbocycles. The number of aromatic nitrogens is 3. The summed E-state index contributed by atoms with van der Waals surface area (Å²) in [6.45, 7) is 8.58. The molecule has 9 nitrogen and oxygen atoms in total. The number of nitrogens with one attached hydrogen (secondary N) is 1. The lowest BCUT2D eigenvalue weighted by atomic mass is 10.1. The van der Waals surface area contributed by atoms with Gasteiger partial charge in [0, 0.05) is 24.0 Å². The number of nitrogen functional groups attached to an aromatic ring is 1. The molecule has 2 heterocycles. The zero-order valence-electron chi connectivity index (χ0n) is 19.2. The van der Waals surface area contributed by atoms with Gasteiger partial charge in [0.15, 0.2) is 5.69 Å². The quantitative estimate of drug-likeness (QED) is 0.494. The van der Waals surface area contributed by atoms with Gasteiger partial charge < -0.3 is 15.4 Å². The fraction of sp³-hybridized carbons (Fsp3) is 0.391. The Balaban J connectivity index is 1.99. The maximum absolute atomic E-state index is 13.6. The maximum atomic E-state index is 13.6. The second kappa shape index (κ2) is 10.5. The van der Waals surface area contributed by atoms with Gasteiger partial charge in [0.05, 0.1) is 11.2 Å². The van der Waals surface area contributed by atoms with E-state index in [1.165, 1.54) is 20.8 Å². The van der Waals surface area contributed by atoms with Crippen LogP contribution in [0.1, 0.15) is 43.7 Å². The van der Waals surface area contributed by atoms with Gasteiger partial charge in [-0.1, -0.05) is 33.8 Å². The Bertz CT molecular complexity index is 1210. The Morgan fingerprint density at radius 1 is 1.24 bits per heavy atom. The standard InChI is InChI=1S/C23H29N5O4S/c1-14(2)9-27(19-20(24)28(10-15(3)4)23(31)26-21(19)29)22(30)16-6-5-7-18(8-16)32-11-17-12-33-13-25-17/h5-8,12-15H,9-11,24H2,1-4H3,(H,26,29,31). The summed E-state index contributed by atoms with van der Waals surface area (Å²) in [5, 5.41) is 1.89. The third-order valence-electron chi connectivity index (χ3n) is 4.78. The lowest BCUT2D eigenvalue weighted by Crippen LogP contribution is -2.43. The number of thiazole rings is 1. The summed E-state index contributed by atoms with van der Waals surface area (Å²) in [6.07, 6.45) is 0. The first-order valence-corrected chi connectivity index (χ1v) is 11.7. The van der Waals surface area contributed by atoms with Gasteiger partial charge in [-0.25, -0.2) is 9.78 Å². The number of benzene rings is 1. The lowest BCUT2D eigenvalue weighted by molar-refractivity contribution is 0.0983. The van der Waals surface area contributed by atoms with E-state index in [4.69, 9.17) is 10.5 Å². The number of amides is 1. The number of carbonyl (C=O) groups excluding carboxylic acids is 1. The van der Waals surface area contributed by atoms with E-state index in [-0.39, 0.29) is 36.5 Å². The molecule has 176 valence electrons. The first-order chi connectivity index (χ1) is 15.7. The van der Waals surface area contributed by atoms with Crippen molar-refractivity contribution in [3.8, 4) is 5.75 Å². The Hall–Kier alpha value is -3.40. The van der Waals surface area contributed by atoms with Crippen molar-refractivity contribution < 1.29 is 9.53 Å². The van der Waals surface area contributed by atoms with E-state index in [1.54, 1.807) is 29.8 Å². The number of nitrogens with zero attached hydrogens (tertiary/aromatic N) is 3. The van der Waals surface area contributed by atoms with Gasteiger partial charge in [-0.05, 0) is 30.0 Å². The summed E-state index contributed by atoms with van der Waals surface area (Å²) in [5.41, 5.74) is 7.83. The summed E-state index contributed by atoms with van der Waals surface area (Å²) >= 11 is 1.48. The minimum Gasteiger partial charge on any atom is -0.487 e. The molecule has 0 unspecified atom stereocenters. The van der Waals surface area contributed by atoms with E-state index in [9.17, 15) is 14.4 Å². The number of nitrogens with two attached hydrogens (primary N) is 1. The Morgan fingerprint density at radius 2 is 2.00 bits per heavy atom. The van der Waals surface area contributed by atoms with Crippen LogP contribution in [-0.2, 0) is 13.2 Å². The lowest BCUT2D eigenvalue weighted by Gasteiger charge is -2.26. The highest BCUT2D eigenvalue weighted by Gasteiger charge is 2.26. The third-order valence-corrected chi connectivity index (χ3v) is 5.41. The molecule has 2 aromatic heterocycles. The van der Waals surface area contributed by atoms with Crippen LogP contribution in [-0.4, -0.2) is 27.0 Å². The normalized spacial score (nSPS) is 11.2. The molecular weight excluding hydrogens is 442 g/mol. The molecule has 0 aliphatic heterocycles. The van der Waals surface area contributed by atoms with Gasteiger partial charge in [-0.2, -0.15) is 0 Å². The molecule has 0 spiro atoms. The molecule has 10 heteroatoms. The summed E-state index contributed by atoms with van der Waals surface area (Å²) in [7, 11) is 0. The van der Waals surface area contributed by atoms with Crippen LogP contribution in [0.2, 0.25) is 0 Å². The number of rotatable bonds is 9. The minimum atomic E-state index is -0.692. The van der Waals surface area contributed by atoms with E-state index < -0.39 is 17.2 Å². The van der Waals surface area contributed by atoms with E-state index in [0.717, 1.165) is 5.69 Å². The Labute approximate surface area is 195 Å². The molecule has 3 rings (SSSR count). The zero-order valence-corrected chi connectivity index (χ0v) is 20.0. The molecule has 0 atom stereocenters. The summed E-state index contributed by atoms with van der Waals surface area (Å²) < 4.78 is 7.07.